The molecule has 1 fully saturated rings. The second-order valence-electron chi connectivity index (χ2n) is 6.84. The van der Waals surface area contributed by atoms with E-state index in [0.717, 1.165) is 49.9 Å². The molecule has 0 bridgehead atoms. The Balaban J connectivity index is 1.71. The molecule has 7 heteroatoms. The molecular formula is C21H22ClN3O2S. The molecule has 5 nitrogen and oxygen atoms in total. The fourth-order valence-electron chi connectivity index (χ4n) is 3.32. The van der Waals surface area contributed by atoms with Gasteiger partial charge in [-0.1, -0.05) is 35.5 Å². The summed E-state index contributed by atoms with van der Waals surface area (Å²) in [5.74, 6) is 0.852. The monoisotopic (exact) mass is 415 g/mol. The number of hydrogen-bond acceptors (Lipinski definition) is 5. The second-order valence-corrected chi connectivity index (χ2v) is 8.34. The van der Waals surface area contributed by atoms with Gasteiger partial charge >= 0.3 is 0 Å². The van der Waals surface area contributed by atoms with E-state index < -0.39 is 0 Å². The Bertz CT molecular complexity index is 1050. The molecule has 0 radical (unpaired) electrons. The van der Waals surface area contributed by atoms with Crippen molar-refractivity contribution in [1.82, 2.24) is 14.5 Å². The van der Waals surface area contributed by atoms with Crippen LogP contribution in [0.1, 0.15) is 5.56 Å². The van der Waals surface area contributed by atoms with E-state index >= 15 is 0 Å². The van der Waals surface area contributed by atoms with Crippen molar-refractivity contribution in [3.63, 3.8) is 0 Å². The number of fused-ring (bicyclic) bond motifs is 1. The molecule has 1 aromatic heterocycles. The molecule has 0 atom stereocenters. The molecule has 0 unspecified atom stereocenters. The average molecular weight is 416 g/mol. The number of ether oxygens (including phenoxy) is 1. The molecule has 3 aromatic rings. The first-order chi connectivity index (χ1) is 13.6. The molecule has 0 saturated carbocycles. The van der Waals surface area contributed by atoms with Gasteiger partial charge in [0.15, 0.2) is 5.16 Å². The molecule has 1 aliphatic rings. The lowest BCUT2D eigenvalue weighted by Gasteiger charge is -2.26. The molecule has 1 saturated heterocycles. The lowest BCUT2D eigenvalue weighted by Crippen LogP contribution is -2.37. The number of hydrogen-bond donors (Lipinski definition) is 0. The third-order valence-corrected chi connectivity index (χ3v) is 5.96. The molecule has 0 amide bonds. The van der Waals surface area contributed by atoms with Crippen molar-refractivity contribution < 1.29 is 4.74 Å². The van der Waals surface area contributed by atoms with Crippen LogP contribution in [-0.2, 0) is 4.74 Å². The Hall–Kier alpha value is -1.86. The van der Waals surface area contributed by atoms with Crippen LogP contribution in [0.4, 0.5) is 0 Å². The fraction of sp³-hybridized carbons (Fsp3) is 0.333. The molecule has 0 spiro atoms. The van der Waals surface area contributed by atoms with Gasteiger partial charge in [-0.15, -0.1) is 0 Å². The minimum atomic E-state index is -0.0684. The summed E-state index contributed by atoms with van der Waals surface area (Å²) in [5, 5.41) is 1.85. The van der Waals surface area contributed by atoms with Gasteiger partial charge in [0.1, 0.15) is 0 Å². The van der Waals surface area contributed by atoms with E-state index in [1.165, 1.54) is 0 Å². The van der Waals surface area contributed by atoms with Crippen molar-refractivity contribution in [2.24, 2.45) is 0 Å². The Morgan fingerprint density at radius 1 is 1.18 bits per heavy atom. The van der Waals surface area contributed by atoms with Gasteiger partial charge in [-0.25, -0.2) is 4.98 Å². The third-order valence-electron chi connectivity index (χ3n) is 4.80. The van der Waals surface area contributed by atoms with Gasteiger partial charge in [0.25, 0.3) is 5.56 Å². The highest BCUT2D eigenvalue weighted by atomic mass is 35.5. The Kier molecular flexibility index (Phi) is 6.01. The largest absolute Gasteiger partial charge is 0.379 e. The molecule has 146 valence electrons. The zero-order valence-electron chi connectivity index (χ0n) is 15.7. The minimum Gasteiger partial charge on any atom is -0.379 e. The van der Waals surface area contributed by atoms with Gasteiger partial charge in [-0.3, -0.25) is 14.3 Å². The number of benzene rings is 2. The number of aryl methyl sites for hydroxylation is 1. The molecule has 4 rings (SSSR count). The van der Waals surface area contributed by atoms with E-state index in [-0.39, 0.29) is 5.56 Å². The summed E-state index contributed by atoms with van der Waals surface area (Å²) in [4.78, 5) is 20.4. The van der Waals surface area contributed by atoms with E-state index in [1.807, 2.05) is 31.2 Å². The van der Waals surface area contributed by atoms with Crippen molar-refractivity contribution in [2.75, 3.05) is 38.6 Å². The van der Waals surface area contributed by atoms with E-state index in [1.54, 1.807) is 34.5 Å². The van der Waals surface area contributed by atoms with E-state index in [2.05, 4.69) is 4.90 Å². The summed E-state index contributed by atoms with van der Waals surface area (Å²) >= 11 is 7.74. The van der Waals surface area contributed by atoms with Crippen LogP contribution in [0.15, 0.2) is 52.4 Å². The first-order valence-corrected chi connectivity index (χ1v) is 10.7. The smallest absolute Gasteiger partial charge is 0.266 e. The van der Waals surface area contributed by atoms with Gasteiger partial charge in [-0.2, -0.15) is 0 Å². The number of rotatable bonds is 5. The van der Waals surface area contributed by atoms with Crippen molar-refractivity contribution in [3.05, 3.63) is 63.4 Å². The summed E-state index contributed by atoms with van der Waals surface area (Å²) < 4.78 is 7.12. The zero-order chi connectivity index (χ0) is 19.5. The maximum absolute atomic E-state index is 13.3. The summed E-state index contributed by atoms with van der Waals surface area (Å²) in [6, 6.07) is 13.2. The normalized spacial score (nSPS) is 15.2. The van der Waals surface area contributed by atoms with Gasteiger partial charge in [0.05, 0.1) is 29.8 Å². The van der Waals surface area contributed by atoms with Crippen LogP contribution < -0.4 is 5.56 Å². The Morgan fingerprint density at radius 3 is 2.79 bits per heavy atom. The van der Waals surface area contributed by atoms with Gasteiger partial charge in [0.2, 0.25) is 0 Å². The first-order valence-electron chi connectivity index (χ1n) is 9.34. The number of nitrogens with zero attached hydrogens (tertiary/aromatic N) is 3. The SMILES string of the molecule is Cc1cccc(-n2c(SCCN3CCOCC3)nc3cc(Cl)ccc3c2=O)c1. The predicted molar refractivity (Wildman–Crippen MR) is 115 cm³/mol. The zero-order valence-corrected chi connectivity index (χ0v) is 17.3. The van der Waals surface area contributed by atoms with Crippen molar-refractivity contribution in [3.8, 4) is 5.69 Å². The van der Waals surface area contributed by atoms with E-state index in [0.29, 0.717) is 21.1 Å². The Labute approximate surface area is 173 Å². The van der Waals surface area contributed by atoms with Crippen LogP contribution in [0, 0.1) is 6.92 Å². The molecule has 0 N–H and O–H groups in total. The van der Waals surface area contributed by atoms with Crippen LogP contribution in [0.25, 0.3) is 16.6 Å². The van der Waals surface area contributed by atoms with Crippen LogP contribution in [0.5, 0.6) is 0 Å². The topological polar surface area (TPSA) is 47.4 Å². The maximum Gasteiger partial charge on any atom is 0.266 e. The quantitative estimate of drug-likeness (QED) is 0.469. The molecular weight excluding hydrogens is 394 g/mol. The van der Waals surface area contributed by atoms with Crippen molar-refractivity contribution in [1.29, 1.82) is 0 Å². The number of halogens is 1. The van der Waals surface area contributed by atoms with Crippen LogP contribution in [0.3, 0.4) is 0 Å². The average Bonchev–Trinajstić information content (AvgIpc) is 2.68. The number of thioether (sulfide) groups is 1. The number of aromatic nitrogens is 2. The molecule has 28 heavy (non-hydrogen) atoms. The van der Waals surface area contributed by atoms with Crippen LogP contribution in [0.2, 0.25) is 5.02 Å². The van der Waals surface area contributed by atoms with Crippen LogP contribution in [-0.4, -0.2) is 53.1 Å². The standard InChI is InChI=1S/C21H22ClN3O2S/c1-15-3-2-4-17(13-15)25-20(26)18-6-5-16(22)14-19(18)23-21(25)28-12-9-24-7-10-27-11-8-24/h2-6,13-14H,7-12H2,1H3. The highest BCUT2D eigenvalue weighted by molar-refractivity contribution is 7.99. The summed E-state index contributed by atoms with van der Waals surface area (Å²) in [7, 11) is 0. The predicted octanol–water partition coefficient (Wildman–Crippen LogP) is 3.77. The van der Waals surface area contributed by atoms with Gasteiger partial charge in [0, 0.05) is 30.4 Å². The van der Waals surface area contributed by atoms with Crippen LogP contribution >= 0.6 is 23.4 Å². The van der Waals surface area contributed by atoms with Gasteiger partial charge in [-0.05, 0) is 42.8 Å². The minimum absolute atomic E-state index is 0.0684. The highest BCUT2D eigenvalue weighted by Gasteiger charge is 2.15. The lowest BCUT2D eigenvalue weighted by molar-refractivity contribution is 0.0410. The van der Waals surface area contributed by atoms with E-state index in [4.69, 9.17) is 21.3 Å². The second kappa shape index (κ2) is 8.66. The molecule has 1 aliphatic heterocycles. The summed E-state index contributed by atoms with van der Waals surface area (Å²) in [6.07, 6.45) is 0. The highest BCUT2D eigenvalue weighted by Crippen LogP contribution is 2.23. The summed E-state index contributed by atoms with van der Waals surface area (Å²) in [5.41, 5.74) is 2.50. The van der Waals surface area contributed by atoms with Gasteiger partial charge < -0.3 is 4.74 Å². The van der Waals surface area contributed by atoms with E-state index in [9.17, 15) is 4.79 Å². The first kappa shape index (κ1) is 19.5. The fourth-order valence-corrected chi connectivity index (χ4v) is 4.50. The maximum atomic E-state index is 13.3. The Morgan fingerprint density at radius 2 is 2.00 bits per heavy atom. The van der Waals surface area contributed by atoms with Crippen molar-refractivity contribution >= 4 is 34.3 Å². The molecule has 2 heterocycles. The molecule has 2 aromatic carbocycles. The third kappa shape index (κ3) is 4.25. The molecule has 0 aliphatic carbocycles. The summed E-state index contributed by atoms with van der Waals surface area (Å²) in [6.45, 7) is 6.42. The van der Waals surface area contributed by atoms with Crippen molar-refractivity contribution in [2.45, 2.75) is 12.1 Å². The number of morpholine rings is 1. The lowest BCUT2D eigenvalue weighted by atomic mass is 10.2.